The molecule has 0 atom stereocenters. The Bertz CT molecular complexity index is 1520. The number of anilines is 2. The molecule has 9 nitrogen and oxygen atoms in total. The van der Waals surface area contributed by atoms with Crippen molar-refractivity contribution >= 4 is 45.6 Å². The molecule has 5 aromatic rings. The lowest BCUT2D eigenvalue weighted by atomic mass is 10.2. The van der Waals surface area contributed by atoms with Crippen molar-refractivity contribution in [2.75, 3.05) is 18.2 Å². The van der Waals surface area contributed by atoms with Gasteiger partial charge in [-0.3, -0.25) is 0 Å². The minimum atomic E-state index is 0.527. The number of fused-ring (bicyclic) bond motifs is 1. The molecule has 0 aliphatic heterocycles. The van der Waals surface area contributed by atoms with Gasteiger partial charge in [0.05, 0.1) is 47.5 Å². The maximum absolute atomic E-state index is 6.11. The van der Waals surface area contributed by atoms with Gasteiger partial charge in [0.2, 0.25) is 0 Å². The van der Waals surface area contributed by atoms with Crippen molar-refractivity contribution in [3.05, 3.63) is 83.9 Å². The average Bonchev–Trinajstić information content (AvgIpc) is 3.91. The van der Waals surface area contributed by atoms with Crippen LogP contribution in [-0.4, -0.2) is 42.6 Å². The number of hydrogen-bond acceptors (Lipinski definition) is 8. The first-order valence-corrected chi connectivity index (χ1v) is 13.3. The molecule has 3 aromatic heterocycles. The number of halogens is 2. The summed E-state index contributed by atoms with van der Waals surface area (Å²) in [4.78, 5) is 20.3. The molecule has 0 radical (unpaired) electrons. The number of hydrogen-bond donors (Lipinski definition) is 2. The number of ether oxygens (including phenoxy) is 1. The van der Waals surface area contributed by atoms with E-state index in [-0.39, 0.29) is 0 Å². The molecule has 2 aromatic carbocycles. The average molecular weight is 563 g/mol. The summed E-state index contributed by atoms with van der Waals surface area (Å²) in [5.74, 6) is 1.62. The van der Waals surface area contributed by atoms with Gasteiger partial charge in [0.15, 0.2) is 5.75 Å². The van der Waals surface area contributed by atoms with E-state index in [2.05, 4.69) is 29.8 Å². The zero-order valence-electron chi connectivity index (χ0n) is 21.3. The molecule has 3 heterocycles. The molecule has 2 aliphatic rings. The van der Waals surface area contributed by atoms with Crippen molar-refractivity contribution in [1.82, 2.24) is 29.5 Å². The van der Waals surface area contributed by atoms with Crippen LogP contribution in [-0.2, 0) is 0 Å². The highest BCUT2D eigenvalue weighted by Gasteiger charge is 2.29. The molecular formula is C28H28Cl2N8O. The maximum Gasteiger partial charge on any atom is 0.155 e. The van der Waals surface area contributed by atoms with E-state index in [9.17, 15) is 0 Å². The van der Waals surface area contributed by atoms with Crippen LogP contribution < -0.4 is 15.8 Å². The number of aromatic nitrogens is 6. The highest BCUT2D eigenvalue weighted by atomic mass is 35.5. The molecule has 0 amide bonds. The van der Waals surface area contributed by atoms with Crippen LogP contribution in [0.3, 0.4) is 0 Å². The maximum atomic E-state index is 6.11. The number of rotatable bonds is 5. The highest BCUT2D eigenvalue weighted by molar-refractivity contribution is 6.31. The smallest absolute Gasteiger partial charge is 0.155 e. The van der Waals surface area contributed by atoms with E-state index in [1.807, 2.05) is 30.3 Å². The first kappa shape index (κ1) is 26.6. The van der Waals surface area contributed by atoms with E-state index < -0.39 is 0 Å². The van der Waals surface area contributed by atoms with Crippen molar-refractivity contribution in [3.8, 4) is 17.1 Å². The molecule has 200 valence electrons. The predicted molar refractivity (Wildman–Crippen MR) is 155 cm³/mol. The summed E-state index contributed by atoms with van der Waals surface area (Å²) in [6, 6.07) is 12.5. The summed E-state index contributed by atoms with van der Waals surface area (Å²) in [7, 11) is 1.58. The molecule has 2 saturated carbocycles. The number of nitrogens with one attached hydrogen (secondary N) is 1. The molecule has 2 aliphatic carbocycles. The van der Waals surface area contributed by atoms with Gasteiger partial charge in [-0.1, -0.05) is 23.2 Å². The zero-order valence-corrected chi connectivity index (χ0v) is 22.8. The van der Waals surface area contributed by atoms with Crippen LogP contribution in [0.15, 0.2) is 73.8 Å². The number of nitrogen functional groups attached to an aromatic ring is 1. The fourth-order valence-electron chi connectivity index (χ4n) is 3.88. The lowest BCUT2D eigenvalue weighted by Gasteiger charge is -2.07. The lowest BCUT2D eigenvalue weighted by Crippen LogP contribution is -2.03. The molecule has 3 N–H and O–H groups in total. The third-order valence-electron chi connectivity index (χ3n) is 6.11. The third kappa shape index (κ3) is 7.13. The van der Waals surface area contributed by atoms with E-state index in [0.717, 1.165) is 43.8 Å². The van der Waals surface area contributed by atoms with Crippen molar-refractivity contribution in [2.24, 2.45) is 0 Å². The Labute approximate surface area is 236 Å². The number of nitrogens with two attached hydrogens (primary N) is 1. The van der Waals surface area contributed by atoms with Crippen LogP contribution >= 0.6 is 23.2 Å². The number of imidazole rings is 1. The normalized spacial score (nSPS) is 14.0. The van der Waals surface area contributed by atoms with E-state index in [0.29, 0.717) is 17.8 Å². The Morgan fingerprint density at radius 2 is 1.51 bits per heavy atom. The molecule has 0 bridgehead atoms. The summed E-state index contributed by atoms with van der Waals surface area (Å²) >= 11 is 11.9. The zero-order chi connectivity index (χ0) is 27.2. The van der Waals surface area contributed by atoms with E-state index >= 15 is 0 Å². The Kier molecular flexibility index (Phi) is 8.39. The van der Waals surface area contributed by atoms with Crippen molar-refractivity contribution in [3.63, 3.8) is 0 Å². The molecular weight excluding hydrogens is 535 g/mol. The largest absolute Gasteiger partial charge is 0.494 e. The van der Waals surface area contributed by atoms with Crippen molar-refractivity contribution in [2.45, 2.75) is 37.8 Å². The van der Waals surface area contributed by atoms with Crippen LogP contribution in [0.2, 0.25) is 10.0 Å². The van der Waals surface area contributed by atoms with E-state index in [1.165, 1.54) is 38.3 Å². The van der Waals surface area contributed by atoms with Crippen LogP contribution in [0.1, 0.15) is 31.7 Å². The van der Waals surface area contributed by atoms with Gasteiger partial charge in [0.1, 0.15) is 18.5 Å². The second-order valence-corrected chi connectivity index (χ2v) is 10.1. The summed E-state index contributed by atoms with van der Waals surface area (Å²) < 4.78 is 7.05. The van der Waals surface area contributed by atoms with Gasteiger partial charge < -0.3 is 20.4 Å². The van der Waals surface area contributed by atoms with Crippen molar-refractivity contribution < 1.29 is 4.74 Å². The lowest BCUT2D eigenvalue weighted by molar-refractivity contribution is 0.410. The molecule has 2 fully saturated rings. The highest BCUT2D eigenvalue weighted by Crippen LogP contribution is 2.41. The van der Waals surface area contributed by atoms with Gasteiger partial charge in [-0.25, -0.2) is 24.9 Å². The monoisotopic (exact) mass is 562 g/mol. The quantitative estimate of drug-likeness (QED) is 0.234. The topological polar surface area (TPSA) is 117 Å². The Hall–Kier alpha value is -3.95. The van der Waals surface area contributed by atoms with Crippen LogP contribution in [0, 0.1) is 0 Å². The number of methoxy groups -OCH3 is 1. The Balaban J connectivity index is 0.000000132. The molecule has 39 heavy (non-hydrogen) atoms. The first-order chi connectivity index (χ1) is 19.0. The minimum absolute atomic E-state index is 0.527. The SMILES string of the molecule is COc1cncnc1.Clc1ccc2nc(-c3cncnc3)n(C3CC3)c2c1.Nc1ccc(Cl)cc1NC1CC1. The van der Waals surface area contributed by atoms with Gasteiger partial charge in [-0.05, 0) is 62.1 Å². The number of nitrogens with zero attached hydrogens (tertiary/aromatic N) is 6. The fraction of sp³-hybridized carbons (Fsp3) is 0.250. The second kappa shape index (κ2) is 12.3. The van der Waals surface area contributed by atoms with Crippen LogP contribution in [0.25, 0.3) is 22.4 Å². The van der Waals surface area contributed by atoms with E-state index in [4.69, 9.17) is 38.7 Å². The van der Waals surface area contributed by atoms with Gasteiger partial charge >= 0.3 is 0 Å². The molecule has 0 unspecified atom stereocenters. The molecule has 11 heteroatoms. The van der Waals surface area contributed by atoms with Gasteiger partial charge in [-0.15, -0.1) is 0 Å². The van der Waals surface area contributed by atoms with Crippen LogP contribution in [0.4, 0.5) is 11.4 Å². The third-order valence-corrected chi connectivity index (χ3v) is 6.58. The van der Waals surface area contributed by atoms with E-state index in [1.54, 1.807) is 38.0 Å². The first-order valence-electron chi connectivity index (χ1n) is 12.5. The second-order valence-electron chi connectivity index (χ2n) is 9.23. The summed E-state index contributed by atoms with van der Waals surface area (Å²) in [6.07, 6.45) is 14.7. The fourth-order valence-corrected chi connectivity index (χ4v) is 4.22. The minimum Gasteiger partial charge on any atom is -0.494 e. The molecule has 0 spiro atoms. The summed E-state index contributed by atoms with van der Waals surface area (Å²) in [5, 5.41) is 4.79. The van der Waals surface area contributed by atoms with Crippen LogP contribution in [0.5, 0.6) is 5.75 Å². The molecule has 0 saturated heterocycles. The van der Waals surface area contributed by atoms with Crippen molar-refractivity contribution in [1.29, 1.82) is 0 Å². The summed E-state index contributed by atoms with van der Waals surface area (Å²) in [5.41, 5.74) is 10.5. The van der Waals surface area contributed by atoms with Gasteiger partial charge in [0, 0.05) is 34.5 Å². The summed E-state index contributed by atoms with van der Waals surface area (Å²) in [6.45, 7) is 0. The Morgan fingerprint density at radius 3 is 2.13 bits per heavy atom. The molecule has 7 rings (SSSR count). The standard InChI is InChI=1S/C14H11ClN4.C9H11ClN2.C5H6N2O/c15-10-1-4-12-13(5-10)19(11-2-3-11)14(18-12)9-6-16-8-17-7-9;10-6-1-4-8(11)9(5-6)12-7-2-3-7;1-8-5-2-6-4-7-3-5/h1,4-8,11H,2-3H2;1,4-5,7,12H,2-3,11H2;2-4H,1H3. The predicted octanol–water partition coefficient (Wildman–Crippen LogP) is 6.46. The van der Waals surface area contributed by atoms with Gasteiger partial charge in [0.25, 0.3) is 0 Å². The number of benzene rings is 2. The Morgan fingerprint density at radius 1 is 0.872 bits per heavy atom. The van der Waals surface area contributed by atoms with Gasteiger partial charge in [-0.2, -0.15) is 0 Å².